The lowest BCUT2D eigenvalue weighted by atomic mass is 9.40. The van der Waals surface area contributed by atoms with Crippen LogP contribution in [0.4, 0.5) is 4.79 Å². The summed E-state index contributed by atoms with van der Waals surface area (Å²) in [6.07, 6.45) is -1.76. The lowest BCUT2D eigenvalue weighted by molar-refractivity contribution is -0.284. The van der Waals surface area contributed by atoms with E-state index in [1.807, 2.05) is 32.5 Å². The second-order valence-electron chi connectivity index (χ2n) is 23.8. The Labute approximate surface area is 427 Å². The molecule has 1 aromatic rings. The van der Waals surface area contributed by atoms with E-state index in [1.54, 1.807) is 17.8 Å². The number of hydrogen-bond donors (Lipinski definition) is 7. The minimum absolute atomic E-state index is 0.0536. The summed E-state index contributed by atoms with van der Waals surface area (Å²) in [6, 6.07) is -0.717. The van der Waals surface area contributed by atoms with E-state index in [2.05, 4.69) is 26.3 Å². The van der Waals surface area contributed by atoms with Crippen molar-refractivity contribution in [2.45, 2.75) is 197 Å². The maximum absolute atomic E-state index is 14.6. The van der Waals surface area contributed by atoms with Crippen molar-refractivity contribution in [3.63, 3.8) is 0 Å². The molecule has 1 aromatic heterocycles. The molecule has 1 spiro atoms. The van der Waals surface area contributed by atoms with Gasteiger partial charge >= 0.3 is 29.9 Å². The first-order valence-corrected chi connectivity index (χ1v) is 27.3. The number of nitrogens with two attached hydrogens (primary N) is 1. The zero-order valence-electron chi connectivity index (χ0n) is 42.4. The number of amides is 3. The minimum atomic E-state index is -2.17. The number of ether oxygens (including phenoxy) is 6. The number of fused-ring (bicyclic) bond motifs is 10. The Morgan fingerprint density at radius 3 is 2.41 bits per heavy atom. The molecule has 11 rings (SSSR count). The first-order chi connectivity index (χ1) is 34.5. The molecule has 6 heterocycles. The summed E-state index contributed by atoms with van der Waals surface area (Å²) >= 11 is 1.85. The number of esters is 4. The highest BCUT2D eigenvalue weighted by Gasteiger charge is 2.93. The lowest BCUT2D eigenvalue weighted by Gasteiger charge is -2.67. The van der Waals surface area contributed by atoms with Gasteiger partial charge in [0.05, 0.1) is 48.6 Å². The molecule has 23 heteroatoms. The molecular formula is C50H71N7O15S. The lowest BCUT2D eigenvalue weighted by Crippen LogP contribution is -2.76. The number of aryl methyl sites for hydroxylation is 1. The van der Waals surface area contributed by atoms with Crippen molar-refractivity contribution < 1.29 is 72.5 Å². The first-order valence-electron chi connectivity index (χ1n) is 26.3. The summed E-state index contributed by atoms with van der Waals surface area (Å²) in [5.74, 6) is -9.02. The Bertz CT molecular complexity index is 2450. The summed E-state index contributed by atoms with van der Waals surface area (Å²) in [7, 11) is 0. The monoisotopic (exact) mass is 1040 g/mol. The fraction of sp³-hybridized carbons (Fsp3) is 0.840. The van der Waals surface area contributed by atoms with Crippen molar-refractivity contribution in [3.05, 3.63) is 11.9 Å². The summed E-state index contributed by atoms with van der Waals surface area (Å²) in [6.45, 7) is 11.9. The van der Waals surface area contributed by atoms with E-state index in [4.69, 9.17) is 34.2 Å². The molecule has 73 heavy (non-hydrogen) atoms. The number of urea groups is 1. The van der Waals surface area contributed by atoms with Gasteiger partial charge in [0.2, 0.25) is 11.7 Å². The van der Waals surface area contributed by atoms with Gasteiger partial charge in [0, 0.05) is 84.8 Å². The number of hydrogen-bond acceptors (Lipinski definition) is 19. The highest BCUT2D eigenvalue weighted by Crippen LogP contribution is 2.81. The zero-order chi connectivity index (χ0) is 52.1. The number of nitrogens with zero attached hydrogens (tertiary/aromatic N) is 3. The number of unbranched alkanes of at least 4 members (excludes halogenated alkanes) is 2. The van der Waals surface area contributed by atoms with Crippen LogP contribution in [0, 0.1) is 57.7 Å². The van der Waals surface area contributed by atoms with Crippen molar-refractivity contribution in [2.75, 3.05) is 5.75 Å². The number of epoxide rings is 2. The van der Waals surface area contributed by atoms with Crippen LogP contribution in [0.5, 0.6) is 0 Å². The van der Waals surface area contributed by atoms with Gasteiger partial charge < -0.3 is 65.4 Å². The molecule has 3 amide bonds. The molecule has 5 aliphatic heterocycles. The Hall–Kier alpha value is -4.13. The molecule has 2 unspecified atom stereocenters. The van der Waals surface area contributed by atoms with Crippen LogP contribution < -0.4 is 21.7 Å². The minimum Gasteiger partial charge on any atom is -0.462 e. The second-order valence-corrected chi connectivity index (χ2v) is 25.0. The van der Waals surface area contributed by atoms with E-state index in [0.717, 1.165) is 25.0 Å². The molecule has 402 valence electrons. The molecule has 8 N–H and O–H groups in total. The van der Waals surface area contributed by atoms with Gasteiger partial charge in [-0.2, -0.15) is 11.8 Å². The Kier molecular flexibility index (Phi) is 12.4. The molecule has 10 fully saturated rings. The topological polar surface area (TPSA) is 318 Å². The molecule has 5 saturated carbocycles. The highest BCUT2D eigenvalue weighted by atomic mass is 32.2. The summed E-state index contributed by atoms with van der Waals surface area (Å²) in [4.78, 5) is 79.6. The maximum Gasteiger partial charge on any atom is 0.341 e. The second kappa shape index (κ2) is 17.7. The molecule has 0 bridgehead atoms. The number of aromatic nitrogens is 3. The average molecular weight is 1040 g/mol. The van der Waals surface area contributed by atoms with Gasteiger partial charge in [0.15, 0.2) is 5.60 Å². The maximum atomic E-state index is 14.6. The van der Waals surface area contributed by atoms with Gasteiger partial charge in [0.25, 0.3) is 0 Å². The fourth-order valence-corrected chi connectivity index (χ4v) is 18.3. The number of aliphatic hydroxyl groups is 3. The van der Waals surface area contributed by atoms with E-state index >= 15 is 0 Å². The fourth-order valence-electron chi connectivity index (χ4n) is 16.8. The van der Waals surface area contributed by atoms with E-state index in [0.29, 0.717) is 43.2 Å². The molecule has 0 radical (unpaired) electrons. The van der Waals surface area contributed by atoms with Gasteiger partial charge in [-0.3, -0.25) is 23.9 Å². The van der Waals surface area contributed by atoms with Crippen molar-refractivity contribution in [1.82, 2.24) is 30.9 Å². The third-order valence-corrected chi connectivity index (χ3v) is 21.7. The molecule has 22 nitrogen and oxygen atoms in total. The van der Waals surface area contributed by atoms with Crippen molar-refractivity contribution >= 4 is 47.6 Å². The molecule has 0 aromatic carbocycles. The Morgan fingerprint density at radius 1 is 0.945 bits per heavy atom. The Morgan fingerprint density at radius 2 is 1.67 bits per heavy atom. The third kappa shape index (κ3) is 7.45. The van der Waals surface area contributed by atoms with Crippen LogP contribution in [0.15, 0.2) is 6.20 Å². The number of thioether (sulfide) groups is 1. The van der Waals surface area contributed by atoms with E-state index in [-0.39, 0.29) is 43.1 Å². The van der Waals surface area contributed by atoms with Crippen LogP contribution in [0.3, 0.4) is 0 Å². The van der Waals surface area contributed by atoms with Crippen LogP contribution in [-0.4, -0.2) is 155 Å². The third-order valence-electron chi connectivity index (χ3n) is 20.2. The smallest absolute Gasteiger partial charge is 0.341 e. The van der Waals surface area contributed by atoms with Crippen LogP contribution in [0.25, 0.3) is 0 Å². The van der Waals surface area contributed by atoms with Gasteiger partial charge in [0.1, 0.15) is 36.2 Å². The number of carbonyl (C=O) groups is 6. The SMILES string of the molecule is CC(=O)O[C@H]1C2C([C@@H](O)[C@@H](N)[C@H]3C[C@@H]4O[C@@H]4[C@H](O)[C@]23C)[C@@H]2[C@H](OC(=O)CCCCn3cc(CNC(=O)CCCC[C@@H]4SC[C@@H]5NC(=O)N[C@@H]54)nn3)[C@@H]3[C@H]([C@H](C)[C@H]4O[C@]45OC(=O)[C@@](C)(O)[C@]35C)[C@@]2(C)[C@H]1OC(C)=O. The number of nitrogens with one attached hydrogen (secondary N) is 3. The van der Waals surface area contributed by atoms with E-state index in [9.17, 15) is 44.1 Å². The van der Waals surface area contributed by atoms with Gasteiger partial charge in [-0.1, -0.05) is 32.4 Å². The molecule has 24 atom stereocenters. The predicted octanol–water partition coefficient (Wildman–Crippen LogP) is 0.595. The van der Waals surface area contributed by atoms with E-state index < -0.39 is 142 Å². The van der Waals surface area contributed by atoms with Crippen molar-refractivity contribution in [2.24, 2.45) is 63.4 Å². The van der Waals surface area contributed by atoms with Gasteiger partial charge in [-0.25, -0.2) is 9.59 Å². The molecule has 5 saturated heterocycles. The summed E-state index contributed by atoms with van der Waals surface area (Å²) in [5.41, 5.74) is 1.46. The quantitative estimate of drug-likeness (QED) is 0.0416. The largest absolute Gasteiger partial charge is 0.462 e. The molecule has 5 aliphatic carbocycles. The van der Waals surface area contributed by atoms with Gasteiger partial charge in [-0.15, -0.1) is 5.10 Å². The average Bonchev–Trinajstić information content (AvgIpc) is 4.03. The number of aliphatic hydroxyl groups excluding tert-OH is 2. The number of rotatable bonds is 15. The number of carbonyl (C=O) groups excluding carboxylic acids is 6. The van der Waals surface area contributed by atoms with Crippen LogP contribution >= 0.6 is 11.8 Å². The van der Waals surface area contributed by atoms with Crippen molar-refractivity contribution in [3.8, 4) is 0 Å². The standard InChI is InChI=1S/C50H71N7O15S/c1-20-31-34(48(6)49(7,66)44(64)72-50(48)42(20)71-50)39(70-29(61)14-10-11-15-57-18-23(55-56-57)17-52-28(60)13-9-8-12-27-36-25(19-73-27)53-45(65)54-36)32-30-33(40(67-21(2)58)43(47(31,32)5)68-22(3)59)46(4)24(35(51)37(30)62)16-26-38(69-26)41(46)63/h18,20,24-27,30-43,62-63,66H,8-17,19,51H2,1-7H3,(H,52,60)(H2,53,54,65)/t20-,24+,25-,26-,27-,30?,31-,32+,33?,34-,35-,36-,37+,38-,39-,40-,41-,42+,43-,46-,47+,48-,49+,50-/m0/s1. The van der Waals surface area contributed by atoms with Crippen LogP contribution in [0.2, 0.25) is 0 Å². The zero-order valence-corrected chi connectivity index (χ0v) is 43.2. The van der Waals surface area contributed by atoms with Crippen LogP contribution in [-0.2, 0) is 65.5 Å². The predicted molar refractivity (Wildman–Crippen MR) is 253 cm³/mol. The van der Waals surface area contributed by atoms with Crippen molar-refractivity contribution in [1.29, 1.82) is 0 Å². The van der Waals surface area contributed by atoms with Gasteiger partial charge in [-0.05, 0) is 63.7 Å². The molecule has 10 aliphatic rings. The Balaban J connectivity index is 0.822. The normalized spacial score (nSPS) is 48.9. The van der Waals surface area contributed by atoms with Crippen LogP contribution in [0.1, 0.15) is 106 Å². The first kappa shape index (κ1) is 51.0. The molecular weight excluding hydrogens is 971 g/mol. The van der Waals surface area contributed by atoms with E-state index in [1.165, 1.54) is 20.8 Å². The highest BCUT2D eigenvalue weighted by molar-refractivity contribution is 8.00. The summed E-state index contributed by atoms with van der Waals surface area (Å²) < 4.78 is 39.6. The summed E-state index contributed by atoms with van der Waals surface area (Å²) in [5, 5.41) is 55.2.